The molecule has 0 aliphatic heterocycles. The minimum atomic E-state index is 0.141. The molecule has 7 nitrogen and oxygen atoms in total. The minimum absolute atomic E-state index is 0.141. The fourth-order valence-electron chi connectivity index (χ4n) is 1.30. The van der Waals surface area contributed by atoms with Crippen molar-refractivity contribution in [3.05, 3.63) is 5.82 Å². The third kappa shape index (κ3) is 1.82. The molecule has 2 rings (SSSR count). The molecule has 0 aliphatic rings. The largest absolute Gasteiger partial charge is 0.384 e. The van der Waals surface area contributed by atoms with E-state index in [2.05, 4.69) is 19.9 Å². The smallest absolute Gasteiger partial charge is 0.224 e. The van der Waals surface area contributed by atoms with Gasteiger partial charge in [-0.05, 0) is 0 Å². The fraction of sp³-hybridized carbons (Fsp3) is 0.375. The molecule has 15 heavy (non-hydrogen) atoms. The van der Waals surface area contributed by atoms with Gasteiger partial charge in [0.15, 0.2) is 17.0 Å². The van der Waals surface area contributed by atoms with Crippen molar-refractivity contribution in [1.29, 1.82) is 0 Å². The standard InChI is InChI=1S/C8H12N6O/c1-15-3-2-4-11-5-6(9)13-8(10)14-7(5)12-4/h2-3H2,1H3,(H5,9,10,11,12,13,14). The summed E-state index contributed by atoms with van der Waals surface area (Å²) in [6.45, 7) is 0.586. The van der Waals surface area contributed by atoms with Gasteiger partial charge in [-0.1, -0.05) is 0 Å². The average molecular weight is 208 g/mol. The van der Waals surface area contributed by atoms with Crippen LogP contribution in [0.15, 0.2) is 0 Å². The Balaban J connectivity index is 2.41. The lowest BCUT2D eigenvalue weighted by molar-refractivity contribution is 0.201. The highest BCUT2D eigenvalue weighted by Crippen LogP contribution is 2.15. The normalized spacial score (nSPS) is 11.0. The van der Waals surface area contributed by atoms with Gasteiger partial charge in [0.05, 0.1) is 6.61 Å². The SMILES string of the molecule is COCCc1nc2c(N)nc(N)nc2[nH]1. The topological polar surface area (TPSA) is 116 Å². The second-order valence-electron chi connectivity index (χ2n) is 3.09. The molecule has 0 saturated carbocycles. The molecule has 0 saturated heterocycles. The maximum Gasteiger partial charge on any atom is 0.224 e. The van der Waals surface area contributed by atoms with Crippen LogP contribution in [-0.4, -0.2) is 33.7 Å². The van der Waals surface area contributed by atoms with Gasteiger partial charge in [-0.25, -0.2) is 4.98 Å². The van der Waals surface area contributed by atoms with E-state index in [4.69, 9.17) is 16.2 Å². The van der Waals surface area contributed by atoms with E-state index >= 15 is 0 Å². The van der Waals surface area contributed by atoms with Gasteiger partial charge in [-0.2, -0.15) is 9.97 Å². The van der Waals surface area contributed by atoms with E-state index in [0.29, 0.717) is 24.2 Å². The molecule has 0 unspecified atom stereocenters. The molecule has 0 fully saturated rings. The molecular formula is C8H12N6O. The predicted molar refractivity (Wildman–Crippen MR) is 56.1 cm³/mol. The number of nitrogens with one attached hydrogen (secondary N) is 1. The maximum atomic E-state index is 5.65. The molecule has 0 atom stereocenters. The first-order valence-corrected chi connectivity index (χ1v) is 4.47. The molecule has 2 heterocycles. The Morgan fingerprint density at radius 2 is 2.07 bits per heavy atom. The highest BCUT2D eigenvalue weighted by molar-refractivity contribution is 5.82. The lowest BCUT2D eigenvalue weighted by Crippen LogP contribution is -1.99. The summed E-state index contributed by atoms with van der Waals surface area (Å²) >= 11 is 0. The number of H-pyrrole nitrogens is 1. The first kappa shape index (κ1) is 9.66. The predicted octanol–water partition coefficient (Wildman–Crippen LogP) is -0.294. The van der Waals surface area contributed by atoms with Gasteiger partial charge < -0.3 is 21.2 Å². The second kappa shape index (κ2) is 3.70. The number of fused-ring (bicyclic) bond motifs is 1. The summed E-state index contributed by atoms with van der Waals surface area (Å²) in [6.07, 6.45) is 0.673. The summed E-state index contributed by atoms with van der Waals surface area (Å²) in [5, 5.41) is 0. The van der Waals surface area contributed by atoms with Crippen LogP contribution in [0.3, 0.4) is 0 Å². The third-order valence-electron chi connectivity index (χ3n) is 1.98. The lowest BCUT2D eigenvalue weighted by atomic mass is 10.4. The third-order valence-corrected chi connectivity index (χ3v) is 1.98. The highest BCUT2D eigenvalue weighted by atomic mass is 16.5. The van der Waals surface area contributed by atoms with Crippen molar-refractivity contribution in [1.82, 2.24) is 19.9 Å². The van der Waals surface area contributed by atoms with Crippen molar-refractivity contribution < 1.29 is 4.74 Å². The molecule has 0 aliphatic carbocycles. The molecule has 0 radical (unpaired) electrons. The summed E-state index contributed by atoms with van der Waals surface area (Å²) in [7, 11) is 1.63. The Morgan fingerprint density at radius 3 is 2.80 bits per heavy atom. The van der Waals surface area contributed by atoms with Gasteiger partial charge in [-0.15, -0.1) is 0 Å². The van der Waals surface area contributed by atoms with Crippen LogP contribution in [0, 0.1) is 0 Å². The molecule has 0 aromatic carbocycles. The van der Waals surface area contributed by atoms with Crippen LogP contribution in [0.5, 0.6) is 0 Å². The van der Waals surface area contributed by atoms with Gasteiger partial charge >= 0.3 is 0 Å². The van der Waals surface area contributed by atoms with Crippen LogP contribution in [-0.2, 0) is 11.2 Å². The summed E-state index contributed by atoms with van der Waals surface area (Å²) in [6, 6.07) is 0. The summed E-state index contributed by atoms with van der Waals surface area (Å²) in [4.78, 5) is 15.1. The molecule has 0 bridgehead atoms. The van der Waals surface area contributed by atoms with Crippen molar-refractivity contribution >= 4 is 22.9 Å². The average Bonchev–Trinajstić information content (AvgIpc) is 2.57. The first-order valence-electron chi connectivity index (χ1n) is 4.47. The maximum absolute atomic E-state index is 5.65. The second-order valence-corrected chi connectivity index (χ2v) is 3.09. The Kier molecular flexibility index (Phi) is 2.38. The van der Waals surface area contributed by atoms with E-state index in [1.807, 2.05) is 0 Å². The monoisotopic (exact) mass is 208 g/mol. The number of anilines is 2. The van der Waals surface area contributed by atoms with Crippen molar-refractivity contribution in [3.63, 3.8) is 0 Å². The van der Waals surface area contributed by atoms with Crippen LogP contribution in [0.25, 0.3) is 11.2 Å². The van der Waals surface area contributed by atoms with E-state index in [-0.39, 0.29) is 11.8 Å². The van der Waals surface area contributed by atoms with Gasteiger partial charge in [0.2, 0.25) is 5.95 Å². The van der Waals surface area contributed by atoms with E-state index in [1.165, 1.54) is 0 Å². The zero-order chi connectivity index (χ0) is 10.8. The van der Waals surface area contributed by atoms with Crippen LogP contribution < -0.4 is 11.5 Å². The lowest BCUT2D eigenvalue weighted by Gasteiger charge is -1.93. The van der Waals surface area contributed by atoms with Crippen LogP contribution in [0.4, 0.5) is 11.8 Å². The number of rotatable bonds is 3. The number of hydrogen-bond donors (Lipinski definition) is 3. The summed E-state index contributed by atoms with van der Waals surface area (Å²) in [5.41, 5.74) is 12.2. The highest BCUT2D eigenvalue weighted by Gasteiger charge is 2.08. The molecule has 2 aromatic rings. The molecule has 2 aromatic heterocycles. The van der Waals surface area contributed by atoms with Crippen molar-refractivity contribution in [2.45, 2.75) is 6.42 Å². The minimum Gasteiger partial charge on any atom is -0.384 e. The zero-order valence-electron chi connectivity index (χ0n) is 8.32. The van der Waals surface area contributed by atoms with E-state index in [9.17, 15) is 0 Å². The Morgan fingerprint density at radius 1 is 1.27 bits per heavy atom. The Hall–Kier alpha value is -1.89. The fourth-order valence-corrected chi connectivity index (χ4v) is 1.30. The van der Waals surface area contributed by atoms with Crippen LogP contribution in [0.1, 0.15) is 5.82 Å². The number of nitrogens with zero attached hydrogens (tertiary/aromatic N) is 3. The number of nitrogen functional groups attached to an aromatic ring is 2. The molecule has 7 heteroatoms. The molecule has 0 spiro atoms. The molecular weight excluding hydrogens is 196 g/mol. The Bertz CT molecular complexity index is 479. The number of aromatic amines is 1. The van der Waals surface area contributed by atoms with Gasteiger partial charge in [0.1, 0.15) is 5.82 Å². The summed E-state index contributed by atoms with van der Waals surface area (Å²) < 4.78 is 4.94. The number of methoxy groups -OCH3 is 1. The van der Waals surface area contributed by atoms with Crippen LogP contribution in [0.2, 0.25) is 0 Å². The molecule has 80 valence electrons. The van der Waals surface area contributed by atoms with Crippen molar-refractivity contribution in [2.24, 2.45) is 0 Å². The van der Waals surface area contributed by atoms with Gasteiger partial charge in [-0.3, -0.25) is 0 Å². The van der Waals surface area contributed by atoms with Crippen LogP contribution >= 0.6 is 0 Å². The molecule has 5 N–H and O–H groups in total. The number of hydrogen-bond acceptors (Lipinski definition) is 6. The van der Waals surface area contributed by atoms with Gasteiger partial charge in [0.25, 0.3) is 0 Å². The number of ether oxygens (including phenoxy) is 1. The van der Waals surface area contributed by atoms with Crippen molar-refractivity contribution in [3.8, 4) is 0 Å². The number of imidazole rings is 1. The van der Waals surface area contributed by atoms with Crippen molar-refractivity contribution in [2.75, 3.05) is 25.2 Å². The van der Waals surface area contributed by atoms with E-state index in [0.717, 1.165) is 5.82 Å². The quantitative estimate of drug-likeness (QED) is 0.638. The van der Waals surface area contributed by atoms with E-state index < -0.39 is 0 Å². The van der Waals surface area contributed by atoms with E-state index in [1.54, 1.807) is 7.11 Å². The number of nitrogens with two attached hydrogens (primary N) is 2. The Labute approximate surface area is 85.9 Å². The molecule has 0 amide bonds. The first-order chi connectivity index (χ1) is 7.20. The number of aromatic nitrogens is 4. The zero-order valence-corrected chi connectivity index (χ0v) is 8.32. The van der Waals surface area contributed by atoms with Gasteiger partial charge in [0, 0.05) is 13.5 Å². The summed E-state index contributed by atoms with van der Waals surface area (Å²) in [5.74, 6) is 1.19.